The largest absolute Gasteiger partial charge is 0.420 e. The van der Waals surface area contributed by atoms with Crippen LogP contribution in [0.4, 0.5) is 5.69 Å². The van der Waals surface area contributed by atoms with Crippen molar-refractivity contribution < 1.29 is 14.0 Å². The van der Waals surface area contributed by atoms with Crippen molar-refractivity contribution in [3.8, 4) is 0 Å². The molecule has 4 rings (SSSR count). The van der Waals surface area contributed by atoms with Gasteiger partial charge in [0.15, 0.2) is 11.4 Å². The SMILES string of the molecule is O=C(Cn1c(=O)oc2cc(C(=O)c3ccccc3Cl)c(Cl)cc21)Nc1cccnc1. The van der Waals surface area contributed by atoms with Crippen molar-refractivity contribution in [3.63, 3.8) is 0 Å². The fourth-order valence-electron chi connectivity index (χ4n) is 2.98. The Morgan fingerprint density at radius 1 is 1.03 bits per heavy atom. The fourth-order valence-corrected chi connectivity index (χ4v) is 3.44. The van der Waals surface area contributed by atoms with Gasteiger partial charge >= 0.3 is 5.76 Å². The van der Waals surface area contributed by atoms with Crippen LogP contribution in [0.5, 0.6) is 0 Å². The molecule has 0 saturated heterocycles. The summed E-state index contributed by atoms with van der Waals surface area (Å²) in [6, 6.07) is 12.7. The molecule has 0 fully saturated rings. The molecule has 0 aliphatic carbocycles. The number of pyridine rings is 1. The molecule has 2 aromatic carbocycles. The van der Waals surface area contributed by atoms with Crippen LogP contribution in [0.15, 0.2) is 70.1 Å². The van der Waals surface area contributed by atoms with Gasteiger partial charge in [-0.25, -0.2) is 4.79 Å². The number of oxazole rings is 1. The molecule has 0 atom stereocenters. The third kappa shape index (κ3) is 3.85. The number of halogens is 2. The molecule has 1 amide bonds. The minimum Gasteiger partial charge on any atom is -0.408 e. The molecule has 7 nitrogen and oxygen atoms in total. The van der Waals surface area contributed by atoms with Gasteiger partial charge in [0.05, 0.1) is 27.4 Å². The summed E-state index contributed by atoms with van der Waals surface area (Å²) < 4.78 is 6.37. The molecule has 0 spiro atoms. The molecule has 1 N–H and O–H groups in total. The summed E-state index contributed by atoms with van der Waals surface area (Å²) in [6.07, 6.45) is 3.06. The molecule has 2 heterocycles. The maximum Gasteiger partial charge on any atom is 0.420 e. The Bertz CT molecular complexity index is 1330. The van der Waals surface area contributed by atoms with E-state index in [0.29, 0.717) is 11.2 Å². The predicted octanol–water partition coefficient (Wildman–Crippen LogP) is 4.17. The van der Waals surface area contributed by atoms with Crippen LogP contribution in [-0.4, -0.2) is 21.2 Å². The first-order chi connectivity index (χ1) is 14.4. The monoisotopic (exact) mass is 441 g/mol. The van der Waals surface area contributed by atoms with Gasteiger partial charge in [0.25, 0.3) is 0 Å². The van der Waals surface area contributed by atoms with E-state index < -0.39 is 17.4 Å². The van der Waals surface area contributed by atoms with Gasteiger partial charge in [-0.15, -0.1) is 0 Å². The number of hydrogen-bond acceptors (Lipinski definition) is 5. The number of benzene rings is 2. The minimum absolute atomic E-state index is 0.106. The van der Waals surface area contributed by atoms with E-state index >= 15 is 0 Å². The standard InChI is InChI=1S/C21H13Cl2N3O4/c22-15-6-2-1-5-13(15)20(28)14-8-18-17(9-16(14)23)26(21(29)30-18)11-19(27)25-12-4-3-7-24-10-12/h1-10H,11H2,(H,25,27). The van der Waals surface area contributed by atoms with E-state index in [1.54, 1.807) is 42.6 Å². The number of nitrogens with one attached hydrogen (secondary N) is 1. The van der Waals surface area contributed by atoms with Gasteiger partial charge < -0.3 is 9.73 Å². The van der Waals surface area contributed by atoms with Crippen molar-refractivity contribution in [1.82, 2.24) is 9.55 Å². The lowest BCUT2D eigenvalue weighted by Gasteiger charge is -2.07. The van der Waals surface area contributed by atoms with Crippen molar-refractivity contribution in [2.24, 2.45) is 0 Å². The minimum atomic E-state index is -0.746. The summed E-state index contributed by atoms with van der Waals surface area (Å²) in [5.74, 6) is -1.60. The van der Waals surface area contributed by atoms with Crippen molar-refractivity contribution in [2.75, 3.05) is 5.32 Å². The smallest absolute Gasteiger partial charge is 0.408 e. The lowest BCUT2D eigenvalue weighted by molar-refractivity contribution is -0.116. The third-order valence-corrected chi connectivity index (χ3v) is 5.01. The molecule has 0 saturated carbocycles. The topological polar surface area (TPSA) is 94.2 Å². The van der Waals surface area contributed by atoms with Crippen molar-refractivity contribution in [2.45, 2.75) is 6.54 Å². The van der Waals surface area contributed by atoms with E-state index in [0.717, 1.165) is 4.57 Å². The van der Waals surface area contributed by atoms with Crippen LogP contribution >= 0.6 is 23.2 Å². The Labute approximate surface area is 179 Å². The van der Waals surface area contributed by atoms with Crippen molar-refractivity contribution >= 4 is 51.7 Å². The highest BCUT2D eigenvalue weighted by molar-refractivity contribution is 6.38. The summed E-state index contributed by atoms with van der Waals surface area (Å²) in [4.78, 5) is 41.4. The van der Waals surface area contributed by atoms with E-state index in [-0.39, 0.29) is 33.3 Å². The molecule has 0 aliphatic heterocycles. The predicted molar refractivity (Wildman–Crippen MR) is 113 cm³/mol. The van der Waals surface area contributed by atoms with Crippen LogP contribution in [0.25, 0.3) is 11.1 Å². The highest BCUT2D eigenvalue weighted by atomic mass is 35.5. The molecule has 9 heteroatoms. The molecule has 4 aromatic rings. The van der Waals surface area contributed by atoms with Crippen LogP contribution in [0.2, 0.25) is 10.0 Å². The highest BCUT2D eigenvalue weighted by Gasteiger charge is 2.20. The average molecular weight is 442 g/mol. The second-order valence-electron chi connectivity index (χ2n) is 6.35. The molecule has 0 aliphatic rings. The number of carbonyl (C=O) groups is 2. The number of nitrogens with zero attached hydrogens (tertiary/aromatic N) is 2. The maximum absolute atomic E-state index is 12.8. The summed E-state index contributed by atoms with van der Waals surface area (Å²) in [5.41, 5.74) is 1.33. The number of hydrogen-bond donors (Lipinski definition) is 1. The number of fused-ring (bicyclic) bond motifs is 1. The van der Waals surface area contributed by atoms with Gasteiger partial charge in [0.2, 0.25) is 5.91 Å². The Morgan fingerprint density at radius 3 is 2.57 bits per heavy atom. The zero-order valence-electron chi connectivity index (χ0n) is 15.3. The van der Waals surface area contributed by atoms with Crippen LogP contribution < -0.4 is 11.1 Å². The second kappa shape index (κ2) is 8.14. The third-order valence-electron chi connectivity index (χ3n) is 4.37. The van der Waals surface area contributed by atoms with Crippen molar-refractivity contribution in [3.05, 3.63) is 92.6 Å². The summed E-state index contributed by atoms with van der Waals surface area (Å²) in [6.45, 7) is -0.297. The van der Waals surface area contributed by atoms with Crippen molar-refractivity contribution in [1.29, 1.82) is 0 Å². The molecule has 2 aromatic heterocycles. The summed E-state index contributed by atoms with van der Waals surface area (Å²) in [5, 5.41) is 3.03. The molecule has 0 radical (unpaired) electrons. The summed E-state index contributed by atoms with van der Waals surface area (Å²) in [7, 11) is 0. The first-order valence-electron chi connectivity index (χ1n) is 8.76. The molecular formula is C21H13Cl2N3O4. The number of anilines is 1. The van der Waals surface area contributed by atoms with Crippen LogP contribution in [0.1, 0.15) is 15.9 Å². The number of amides is 1. The molecular weight excluding hydrogens is 429 g/mol. The van der Waals surface area contributed by atoms with Gasteiger partial charge in [0, 0.05) is 17.3 Å². The highest BCUT2D eigenvalue weighted by Crippen LogP contribution is 2.28. The summed E-state index contributed by atoms with van der Waals surface area (Å²) >= 11 is 12.4. The Morgan fingerprint density at radius 2 is 1.83 bits per heavy atom. The number of carbonyl (C=O) groups excluding carboxylic acids is 2. The Hall–Kier alpha value is -3.42. The first kappa shape index (κ1) is 19.9. The zero-order chi connectivity index (χ0) is 21.3. The lowest BCUT2D eigenvalue weighted by Crippen LogP contribution is -2.24. The van der Waals surface area contributed by atoms with Gasteiger partial charge in [0.1, 0.15) is 6.54 Å². The van der Waals surface area contributed by atoms with E-state index in [9.17, 15) is 14.4 Å². The number of rotatable bonds is 5. The number of aromatic nitrogens is 2. The molecule has 150 valence electrons. The second-order valence-corrected chi connectivity index (χ2v) is 7.17. The zero-order valence-corrected chi connectivity index (χ0v) is 16.8. The van der Waals surface area contributed by atoms with Gasteiger partial charge in [-0.2, -0.15) is 0 Å². The Balaban J connectivity index is 1.67. The van der Waals surface area contributed by atoms with Gasteiger partial charge in [-0.1, -0.05) is 35.3 Å². The molecule has 0 unspecified atom stereocenters. The van der Waals surface area contributed by atoms with Crippen LogP contribution in [0, 0.1) is 0 Å². The first-order valence-corrected chi connectivity index (χ1v) is 9.51. The van der Waals surface area contributed by atoms with Crippen LogP contribution in [0.3, 0.4) is 0 Å². The van der Waals surface area contributed by atoms with E-state index in [4.69, 9.17) is 27.6 Å². The number of ketones is 1. The fraction of sp³-hybridized carbons (Fsp3) is 0.0476. The normalized spacial score (nSPS) is 10.9. The molecule has 30 heavy (non-hydrogen) atoms. The van der Waals surface area contributed by atoms with Gasteiger partial charge in [-0.05, 0) is 36.4 Å². The Kier molecular flexibility index (Phi) is 5.39. The van der Waals surface area contributed by atoms with E-state index in [2.05, 4.69) is 10.3 Å². The van der Waals surface area contributed by atoms with E-state index in [1.807, 2.05) is 0 Å². The van der Waals surface area contributed by atoms with Crippen LogP contribution in [-0.2, 0) is 11.3 Å². The maximum atomic E-state index is 12.8. The molecule has 0 bridgehead atoms. The van der Waals surface area contributed by atoms with E-state index in [1.165, 1.54) is 18.3 Å². The average Bonchev–Trinajstić information content (AvgIpc) is 3.02. The van der Waals surface area contributed by atoms with Gasteiger partial charge in [-0.3, -0.25) is 19.1 Å². The quantitative estimate of drug-likeness (QED) is 0.469. The lowest BCUT2D eigenvalue weighted by atomic mass is 10.0.